The highest BCUT2D eigenvalue weighted by atomic mass is 19.1. The summed E-state index contributed by atoms with van der Waals surface area (Å²) >= 11 is 0. The maximum atomic E-state index is 13.6. The van der Waals surface area contributed by atoms with Gasteiger partial charge in [0.25, 0.3) is 11.8 Å². The van der Waals surface area contributed by atoms with Gasteiger partial charge in [-0.1, -0.05) is 18.2 Å². The molecular weight excluding hydrogens is 429 g/mol. The van der Waals surface area contributed by atoms with E-state index in [4.69, 9.17) is 0 Å². The van der Waals surface area contributed by atoms with Crippen molar-refractivity contribution in [1.29, 1.82) is 0 Å². The van der Waals surface area contributed by atoms with Crippen LogP contribution in [0.25, 0.3) is 5.57 Å². The van der Waals surface area contributed by atoms with Crippen molar-refractivity contribution < 1.29 is 14.0 Å². The Labute approximate surface area is 199 Å². The molecule has 3 aromatic carbocycles. The zero-order valence-corrected chi connectivity index (χ0v) is 19.9. The van der Waals surface area contributed by atoms with Gasteiger partial charge in [0.2, 0.25) is 0 Å². The van der Waals surface area contributed by atoms with Crippen LogP contribution in [0.15, 0.2) is 72.4 Å². The van der Waals surface area contributed by atoms with Gasteiger partial charge < -0.3 is 10.2 Å². The molecule has 34 heavy (non-hydrogen) atoms. The predicted molar refractivity (Wildman–Crippen MR) is 135 cm³/mol. The van der Waals surface area contributed by atoms with Crippen LogP contribution in [0.1, 0.15) is 30.5 Å². The van der Waals surface area contributed by atoms with Gasteiger partial charge in [-0.2, -0.15) is 0 Å². The van der Waals surface area contributed by atoms with Gasteiger partial charge in [0.05, 0.1) is 11.3 Å². The molecule has 0 saturated heterocycles. The van der Waals surface area contributed by atoms with Crippen LogP contribution in [0.5, 0.6) is 0 Å². The molecule has 1 aliphatic heterocycles. The average molecular weight is 458 g/mol. The van der Waals surface area contributed by atoms with Crippen LogP contribution in [0.3, 0.4) is 0 Å². The number of hydrogen-bond acceptors (Lipinski definition) is 4. The minimum Gasteiger partial charge on any atom is -0.372 e. The third-order valence-corrected chi connectivity index (χ3v) is 6.23. The standard InChI is InChI=1S/C28H28FN3O2/c1-5-31(6-2)23-15-12-22(13-16-23)30-26-25(20-8-10-21(29)11-9-20)27(33)32(28(26)34)24-14-7-18(3)19(4)17-24/h7-17,30H,5-6H2,1-4H3. The number of rotatable bonds is 7. The minimum absolute atomic E-state index is 0.172. The Bertz CT molecular complexity index is 1260. The van der Waals surface area contributed by atoms with Gasteiger partial charge in [-0.15, -0.1) is 0 Å². The summed E-state index contributed by atoms with van der Waals surface area (Å²) < 4.78 is 13.6. The number of benzene rings is 3. The number of anilines is 3. The number of hydrogen-bond donors (Lipinski definition) is 1. The molecular formula is C28H28FN3O2. The summed E-state index contributed by atoms with van der Waals surface area (Å²) in [5.74, 6) is -1.30. The van der Waals surface area contributed by atoms with Gasteiger partial charge in [0.1, 0.15) is 11.5 Å². The topological polar surface area (TPSA) is 52.7 Å². The molecule has 5 nitrogen and oxygen atoms in total. The van der Waals surface area contributed by atoms with E-state index in [0.29, 0.717) is 16.9 Å². The summed E-state index contributed by atoms with van der Waals surface area (Å²) in [7, 11) is 0. The number of halogens is 1. The van der Waals surface area contributed by atoms with Gasteiger partial charge >= 0.3 is 0 Å². The van der Waals surface area contributed by atoms with Crippen LogP contribution in [0.2, 0.25) is 0 Å². The lowest BCUT2D eigenvalue weighted by atomic mass is 10.0. The second kappa shape index (κ2) is 9.51. The largest absolute Gasteiger partial charge is 0.372 e. The molecule has 3 aromatic rings. The van der Waals surface area contributed by atoms with Crippen molar-refractivity contribution in [3.05, 3.63) is 94.9 Å². The van der Waals surface area contributed by atoms with E-state index >= 15 is 0 Å². The van der Waals surface area contributed by atoms with Crippen LogP contribution in [-0.4, -0.2) is 24.9 Å². The fraction of sp³-hybridized carbons (Fsp3) is 0.214. The molecule has 0 saturated carbocycles. The van der Waals surface area contributed by atoms with Gasteiger partial charge in [-0.05, 0) is 92.9 Å². The summed E-state index contributed by atoms with van der Waals surface area (Å²) in [6.07, 6.45) is 0. The molecule has 0 aliphatic carbocycles. The Kier molecular flexibility index (Phi) is 6.50. The molecule has 1 heterocycles. The quantitative estimate of drug-likeness (QED) is 0.464. The first-order chi connectivity index (χ1) is 16.3. The number of nitrogens with one attached hydrogen (secondary N) is 1. The lowest BCUT2D eigenvalue weighted by molar-refractivity contribution is -0.120. The number of nitrogens with zero attached hydrogens (tertiary/aromatic N) is 2. The lowest BCUT2D eigenvalue weighted by Gasteiger charge is -2.21. The molecule has 0 spiro atoms. The van der Waals surface area contributed by atoms with E-state index in [0.717, 1.165) is 29.9 Å². The second-order valence-electron chi connectivity index (χ2n) is 8.32. The summed E-state index contributed by atoms with van der Waals surface area (Å²) in [4.78, 5) is 30.5. The molecule has 1 N–H and O–H groups in total. The summed E-state index contributed by atoms with van der Waals surface area (Å²) in [5, 5.41) is 3.17. The van der Waals surface area contributed by atoms with E-state index in [1.54, 1.807) is 6.07 Å². The van der Waals surface area contributed by atoms with E-state index < -0.39 is 17.6 Å². The first-order valence-corrected chi connectivity index (χ1v) is 11.4. The van der Waals surface area contributed by atoms with E-state index in [9.17, 15) is 14.0 Å². The lowest BCUT2D eigenvalue weighted by Crippen LogP contribution is -2.32. The van der Waals surface area contributed by atoms with Crippen molar-refractivity contribution in [3.63, 3.8) is 0 Å². The highest BCUT2D eigenvalue weighted by Gasteiger charge is 2.40. The van der Waals surface area contributed by atoms with Crippen molar-refractivity contribution in [2.75, 3.05) is 28.2 Å². The van der Waals surface area contributed by atoms with Crippen molar-refractivity contribution in [1.82, 2.24) is 0 Å². The number of imide groups is 1. The van der Waals surface area contributed by atoms with E-state index in [2.05, 4.69) is 24.1 Å². The first-order valence-electron chi connectivity index (χ1n) is 11.4. The fourth-order valence-electron chi connectivity index (χ4n) is 4.12. The molecule has 0 bridgehead atoms. The first kappa shape index (κ1) is 23.2. The van der Waals surface area contributed by atoms with E-state index in [1.807, 2.05) is 50.2 Å². The Morgan fingerprint density at radius 2 is 1.47 bits per heavy atom. The maximum absolute atomic E-state index is 13.6. The number of carbonyl (C=O) groups is 2. The fourth-order valence-corrected chi connectivity index (χ4v) is 4.12. The molecule has 0 aromatic heterocycles. The molecule has 1 aliphatic rings. The van der Waals surface area contributed by atoms with Gasteiger partial charge in [0.15, 0.2) is 0 Å². The average Bonchev–Trinajstić information content (AvgIpc) is 3.07. The Balaban J connectivity index is 1.75. The maximum Gasteiger partial charge on any atom is 0.282 e. The monoisotopic (exact) mass is 457 g/mol. The van der Waals surface area contributed by atoms with Crippen LogP contribution in [0, 0.1) is 19.7 Å². The summed E-state index contributed by atoms with van der Waals surface area (Å²) in [6, 6.07) is 18.8. The normalized spacial score (nSPS) is 13.6. The Morgan fingerprint density at radius 3 is 2.06 bits per heavy atom. The highest BCUT2D eigenvalue weighted by Crippen LogP contribution is 2.34. The van der Waals surface area contributed by atoms with Crippen LogP contribution in [0.4, 0.5) is 21.5 Å². The molecule has 0 atom stereocenters. The van der Waals surface area contributed by atoms with Crippen molar-refractivity contribution >= 4 is 34.4 Å². The van der Waals surface area contributed by atoms with Crippen LogP contribution >= 0.6 is 0 Å². The molecule has 0 radical (unpaired) electrons. The molecule has 0 fully saturated rings. The SMILES string of the molecule is CCN(CC)c1ccc(NC2=C(c3ccc(F)cc3)C(=O)N(c3ccc(C)c(C)c3)C2=O)cc1. The predicted octanol–water partition coefficient (Wildman–Crippen LogP) is 5.69. The second-order valence-corrected chi connectivity index (χ2v) is 8.32. The zero-order valence-electron chi connectivity index (χ0n) is 19.9. The third-order valence-electron chi connectivity index (χ3n) is 6.23. The molecule has 6 heteroatoms. The van der Waals surface area contributed by atoms with Gasteiger partial charge in [-0.25, -0.2) is 9.29 Å². The number of amides is 2. The zero-order chi connectivity index (χ0) is 24.4. The molecule has 174 valence electrons. The van der Waals surface area contributed by atoms with Gasteiger partial charge in [0, 0.05) is 24.5 Å². The minimum atomic E-state index is -0.444. The summed E-state index contributed by atoms with van der Waals surface area (Å²) in [5.41, 5.74) is 5.19. The number of aryl methyl sites for hydroxylation is 2. The van der Waals surface area contributed by atoms with E-state index in [-0.39, 0.29) is 11.3 Å². The molecule has 4 rings (SSSR count). The van der Waals surface area contributed by atoms with Crippen LogP contribution < -0.4 is 15.1 Å². The Morgan fingerprint density at radius 1 is 0.824 bits per heavy atom. The number of carbonyl (C=O) groups excluding carboxylic acids is 2. The highest BCUT2D eigenvalue weighted by molar-refractivity contribution is 6.46. The molecule has 0 unspecified atom stereocenters. The smallest absolute Gasteiger partial charge is 0.282 e. The van der Waals surface area contributed by atoms with E-state index in [1.165, 1.54) is 29.2 Å². The van der Waals surface area contributed by atoms with Crippen LogP contribution in [-0.2, 0) is 9.59 Å². The summed E-state index contributed by atoms with van der Waals surface area (Å²) in [6.45, 7) is 9.89. The van der Waals surface area contributed by atoms with Crippen molar-refractivity contribution in [2.45, 2.75) is 27.7 Å². The Hall–Kier alpha value is -3.93. The van der Waals surface area contributed by atoms with Crippen molar-refractivity contribution in [3.8, 4) is 0 Å². The van der Waals surface area contributed by atoms with Gasteiger partial charge in [-0.3, -0.25) is 9.59 Å². The molecule has 2 amide bonds. The van der Waals surface area contributed by atoms with Crippen molar-refractivity contribution in [2.24, 2.45) is 0 Å². The third kappa shape index (κ3) is 4.31.